The molecule has 0 aliphatic heterocycles. The van der Waals surface area contributed by atoms with E-state index in [0.29, 0.717) is 26.4 Å². The second-order valence-corrected chi connectivity index (χ2v) is 9.05. The molecular weight excluding hydrogens is 463 g/mol. The zero-order chi connectivity index (χ0) is 23.6. The molecule has 0 heterocycles. The quantitative estimate of drug-likeness (QED) is 0.198. The Hall–Kier alpha value is -2.62. The summed E-state index contributed by atoms with van der Waals surface area (Å²) in [7, 11) is 0. The van der Waals surface area contributed by atoms with Crippen molar-refractivity contribution in [2.75, 3.05) is 26.4 Å². The topological polar surface area (TPSA) is 18.5 Å². The molecule has 0 radical (unpaired) electrons. The van der Waals surface area contributed by atoms with Crippen LogP contribution in [0, 0.1) is 0 Å². The predicted octanol–water partition coefficient (Wildman–Crippen LogP) is 7.99. The molecule has 0 saturated carbocycles. The Morgan fingerprint density at radius 3 is 1.12 bits per heavy atom. The third kappa shape index (κ3) is 6.94. The van der Waals surface area contributed by atoms with Gasteiger partial charge in [0.25, 0.3) is 0 Å². The molecule has 0 amide bonds. The summed E-state index contributed by atoms with van der Waals surface area (Å²) in [5.41, 5.74) is 4.81. The van der Waals surface area contributed by atoms with Gasteiger partial charge in [-0.3, -0.25) is 0 Å². The predicted molar refractivity (Wildman–Crippen MR) is 141 cm³/mol. The van der Waals surface area contributed by atoms with Gasteiger partial charge in [-0.05, 0) is 46.5 Å². The number of halogens is 2. The fraction of sp³-hybridized carbons (Fsp3) is 0.200. The maximum Gasteiger partial charge on any atom is 0.0700 e. The van der Waals surface area contributed by atoms with Crippen molar-refractivity contribution in [2.45, 2.75) is 11.8 Å². The van der Waals surface area contributed by atoms with E-state index in [1.165, 1.54) is 22.3 Å². The van der Waals surface area contributed by atoms with E-state index in [1.54, 1.807) is 0 Å². The first-order chi connectivity index (χ1) is 16.7. The first-order valence-corrected chi connectivity index (χ1v) is 12.2. The molecule has 0 spiro atoms. The summed E-state index contributed by atoms with van der Waals surface area (Å²) in [5.74, 6) is 0.286. The van der Waals surface area contributed by atoms with Gasteiger partial charge in [0.1, 0.15) is 0 Å². The van der Waals surface area contributed by atoms with Gasteiger partial charge in [0.15, 0.2) is 0 Å². The molecule has 0 bridgehead atoms. The lowest BCUT2D eigenvalue weighted by atomic mass is 9.92. The van der Waals surface area contributed by atoms with Gasteiger partial charge in [0.2, 0.25) is 0 Å². The van der Waals surface area contributed by atoms with Crippen LogP contribution in [0.5, 0.6) is 0 Å². The van der Waals surface area contributed by atoms with Crippen molar-refractivity contribution in [3.63, 3.8) is 0 Å². The Balaban J connectivity index is 1.33. The Bertz CT molecular complexity index is 1020. The van der Waals surface area contributed by atoms with Gasteiger partial charge < -0.3 is 9.47 Å². The lowest BCUT2D eigenvalue weighted by Gasteiger charge is -2.20. The zero-order valence-corrected chi connectivity index (χ0v) is 20.5. The minimum absolute atomic E-state index is 0.143. The number of rotatable bonds is 11. The smallest absolute Gasteiger partial charge is 0.0700 e. The van der Waals surface area contributed by atoms with Crippen LogP contribution in [0.15, 0.2) is 109 Å². The Morgan fingerprint density at radius 1 is 0.441 bits per heavy atom. The standard InChI is InChI=1S/C30H28Cl2O2/c31-27-15-11-25(12-16-27)29(23-7-3-1-4-8-23)21-33-19-20-34-22-30(24-9-5-2-6-10-24)26-13-17-28(32)18-14-26/h1-18,29-30H,19-22H2. The SMILES string of the molecule is Clc1ccc(C(COCCOCC(c2ccccc2)c2ccc(Cl)cc2)c2ccccc2)cc1. The summed E-state index contributed by atoms with van der Waals surface area (Å²) in [6.07, 6.45) is 0. The number of hydrogen-bond donors (Lipinski definition) is 0. The van der Waals surface area contributed by atoms with Gasteiger partial charge in [-0.1, -0.05) is 108 Å². The van der Waals surface area contributed by atoms with E-state index in [0.717, 1.165) is 10.0 Å². The highest BCUT2D eigenvalue weighted by atomic mass is 35.5. The van der Waals surface area contributed by atoms with Crippen molar-refractivity contribution in [3.8, 4) is 0 Å². The van der Waals surface area contributed by atoms with E-state index in [2.05, 4.69) is 72.8 Å². The first-order valence-electron chi connectivity index (χ1n) is 11.5. The molecular formula is C30H28Cl2O2. The first kappa shape index (κ1) is 24.5. The van der Waals surface area contributed by atoms with E-state index in [-0.39, 0.29) is 11.8 Å². The summed E-state index contributed by atoms with van der Waals surface area (Å²) >= 11 is 12.2. The van der Waals surface area contributed by atoms with E-state index in [4.69, 9.17) is 32.7 Å². The number of hydrogen-bond acceptors (Lipinski definition) is 2. The fourth-order valence-corrected chi connectivity index (χ4v) is 4.30. The van der Waals surface area contributed by atoms with Crippen LogP contribution in [-0.2, 0) is 9.47 Å². The maximum atomic E-state index is 6.09. The molecule has 2 nitrogen and oxygen atoms in total. The third-order valence-corrected chi connectivity index (χ3v) is 6.39. The maximum absolute atomic E-state index is 6.09. The fourth-order valence-electron chi connectivity index (χ4n) is 4.05. The van der Waals surface area contributed by atoms with Gasteiger partial charge >= 0.3 is 0 Å². The van der Waals surface area contributed by atoms with Crippen LogP contribution in [0.2, 0.25) is 10.0 Å². The van der Waals surface area contributed by atoms with Gasteiger partial charge in [-0.2, -0.15) is 0 Å². The molecule has 0 aliphatic rings. The summed E-state index contributed by atoms with van der Waals surface area (Å²) in [6, 6.07) is 36.8. The molecule has 0 aromatic heterocycles. The largest absolute Gasteiger partial charge is 0.378 e. The number of benzene rings is 4. The summed E-state index contributed by atoms with van der Waals surface area (Å²) in [6.45, 7) is 2.21. The molecule has 4 heteroatoms. The molecule has 4 aromatic carbocycles. The highest BCUT2D eigenvalue weighted by Gasteiger charge is 2.16. The summed E-state index contributed by atoms with van der Waals surface area (Å²) < 4.78 is 12.1. The Morgan fingerprint density at radius 2 is 0.765 bits per heavy atom. The van der Waals surface area contributed by atoms with Crippen LogP contribution < -0.4 is 0 Å². The molecule has 0 saturated heterocycles. The highest BCUT2D eigenvalue weighted by molar-refractivity contribution is 6.30. The second-order valence-electron chi connectivity index (χ2n) is 8.18. The highest BCUT2D eigenvalue weighted by Crippen LogP contribution is 2.27. The van der Waals surface area contributed by atoms with Crippen molar-refractivity contribution in [1.82, 2.24) is 0 Å². The van der Waals surface area contributed by atoms with Gasteiger partial charge in [0.05, 0.1) is 26.4 Å². The van der Waals surface area contributed by atoms with Crippen LogP contribution in [0.4, 0.5) is 0 Å². The van der Waals surface area contributed by atoms with Crippen LogP contribution in [0.3, 0.4) is 0 Å². The lowest BCUT2D eigenvalue weighted by Crippen LogP contribution is -2.15. The molecule has 2 atom stereocenters. The van der Waals surface area contributed by atoms with E-state index >= 15 is 0 Å². The molecule has 0 aliphatic carbocycles. The van der Waals surface area contributed by atoms with Crippen LogP contribution in [-0.4, -0.2) is 26.4 Å². The number of ether oxygens (including phenoxy) is 2. The monoisotopic (exact) mass is 490 g/mol. The van der Waals surface area contributed by atoms with E-state index < -0.39 is 0 Å². The summed E-state index contributed by atoms with van der Waals surface area (Å²) in [4.78, 5) is 0. The molecule has 34 heavy (non-hydrogen) atoms. The zero-order valence-electron chi connectivity index (χ0n) is 18.9. The summed E-state index contributed by atoms with van der Waals surface area (Å²) in [5, 5.41) is 1.47. The van der Waals surface area contributed by atoms with E-state index in [9.17, 15) is 0 Å². The lowest BCUT2D eigenvalue weighted by molar-refractivity contribution is 0.0425. The minimum Gasteiger partial charge on any atom is -0.378 e. The van der Waals surface area contributed by atoms with Crippen molar-refractivity contribution in [1.29, 1.82) is 0 Å². The third-order valence-electron chi connectivity index (χ3n) is 5.89. The van der Waals surface area contributed by atoms with Crippen molar-refractivity contribution >= 4 is 23.2 Å². The van der Waals surface area contributed by atoms with Crippen LogP contribution in [0.1, 0.15) is 34.1 Å². The van der Waals surface area contributed by atoms with Gasteiger partial charge in [-0.15, -0.1) is 0 Å². The Labute approximate surface area is 212 Å². The van der Waals surface area contributed by atoms with Gasteiger partial charge in [0, 0.05) is 21.9 Å². The molecule has 0 fully saturated rings. The normalized spacial score (nSPS) is 12.9. The Kier molecular flexibility index (Phi) is 9.18. The molecule has 174 valence electrons. The van der Waals surface area contributed by atoms with Crippen LogP contribution >= 0.6 is 23.2 Å². The molecule has 0 N–H and O–H groups in total. The average Bonchev–Trinajstić information content (AvgIpc) is 2.88. The van der Waals surface area contributed by atoms with Crippen molar-refractivity contribution in [2.24, 2.45) is 0 Å². The molecule has 2 unspecified atom stereocenters. The molecule has 4 rings (SSSR count). The molecule has 4 aromatic rings. The van der Waals surface area contributed by atoms with Crippen molar-refractivity contribution in [3.05, 3.63) is 141 Å². The second kappa shape index (κ2) is 12.7. The van der Waals surface area contributed by atoms with Crippen molar-refractivity contribution < 1.29 is 9.47 Å². The minimum atomic E-state index is 0.143. The van der Waals surface area contributed by atoms with Crippen LogP contribution in [0.25, 0.3) is 0 Å². The van der Waals surface area contributed by atoms with E-state index in [1.807, 2.05) is 36.4 Å². The average molecular weight is 491 g/mol. The van der Waals surface area contributed by atoms with Gasteiger partial charge in [-0.25, -0.2) is 0 Å².